The molecule has 1 saturated heterocycles. The third kappa shape index (κ3) is 12.7. The molecule has 10 nitrogen and oxygen atoms in total. The van der Waals surface area contributed by atoms with Crippen LogP contribution in [0.15, 0.2) is 30.3 Å². The first-order valence-corrected chi connectivity index (χ1v) is 19.9. The fourth-order valence-electron chi connectivity index (χ4n) is 8.42. The summed E-state index contributed by atoms with van der Waals surface area (Å²) in [7, 11) is 6.91. The number of aliphatic hydroxyl groups is 1. The van der Waals surface area contributed by atoms with E-state index in [-0.39, 0.29) is 91.9 Å². The summed E-state index contributed by atoms with van der Waals surface area (Å²) in [6.45, 7) is 20.5. The van der Waals surface area contributed by atoms with Gasteiger partial charge in [-0.1, -0.05) is 93.1 Å². The molecule has 310 valence electrons. The molecule has 1 N–H and O–H groups in total. The second-order valence-corrected chi connectivity index (χ2v) is 16.9. The highest BCUT2D eigenvalue weighted by atomic mass is 16.5. The van der Waals surface area contributed by atoms with Crippen molar-refractivity contribution in [3.05, 3.63) is 35.9 Å². The molecule has 54 heavy (non-hydrogen) atoms. The summed E-state index contributed by atoms with van der Waals surface area (Å²) < 4.78 is 12.0. The average molecular weight is 760 g/mol. The Bertz CT molecular complexity index is 1300. The largest absolute Gasteiger partial charge is 0.388 e. The Morgan fingerprint density at radius 3 is 1.89 bits per heavy atom. The molecule has 0 radical (unpaired) electrons. The van der Waals surface area contributed by atoms with Gasteiger partial charge in [-0.3, -0.25) is 24.1 Å². The van der Waals surface area contributed by atoms with Crippen LogP contribution in [0, 0.1) is 35.5 Å². The van der Waals surface area contributed by atoms with Crippen molar-refractivity contribution in [3.63, 3.8) is 0 Å². The van der Waals surface area contributed by atoms with Gasteiger partial charge in [0.05, 0.1) is 42.9 Å². The highest BCUT2D eigenvalue weighted by molar-refractivity contribution is 5.90. The standard InChI is InChI=1S/C43H73N3O7.CH4/c1-26(2)33(24-36(48)39(27(3)4)44(11)29(7)8)43(51)45(12)40(28(5)6)37(52-13)25-38(49)46-22-18-21-34(46)42(53-14)31(10)35(47)23-30(9)41(50)32-19-16-15-17-20-32;/h15-17,19-20,26-31,33-34,37,39-42,50H,18,21-25H2,1-14H3;1H4/t30-,31-,33-,34-,37+,39-,40-,41+,42+;/m0./s1. The van der Waals surface area contributed by atoms with Gasteiger partial charge in [-0.15, -0.1) is 0 Å². The molecule has 0 aliphatic carbocycles. The molecule has 1 aliphatic rings. The summed E-state index contributed by atoms with van der Waals surface area (Å²) in [6, 6.07) is 8.56. The maximum absolute atomic E-state index is 14.3. The number of amides is 2. The summed E-state index contributed by atoms with van der Waals surface area (Å²) in [5, 5.41) is 10.9. The zero-order valence-corrected chi connectivity index (χ0v) is 35.4. The van der Waals surface area contributed by atoms with Gasteiger partial charge in [-0.05, 0) is 63.0 Å². The van der Waals surface area contributed by atoms with E-state index in [0.717, 1.165) is 12.0 Å². The minimum absolute atomic E-state index is 0. The number of carbonyl (C=O) groups is 4. The van der Waals surface area contributed by atoms with Crippen LogP contribution < -0.4 is 0 Å². The molecule has 0 aromatic heterocycles. The van der Waals surface area contributed by atoms with Crippen molar-refractivity contribution >= 4 is 23.4 Å². The van der Waals surface area contributed by atoms with Crippen molar-refractivity contribution in [1.29, 1.82) is 0 Å². The van der Waals surface area contributed by atoms with Gasteiger partial charge in [0.2, 0.25) is 11.8 Å². The lowest BCUT2D eigenvalue weighted by Crippen LogP contribution is -2.54. The fraction of sp³-hybridized carbons (Fsp3) is 0.773. The normalized spacial score (nSPS) is 19.3. The zero-order valence-electron chi connectivity index (χ0n) is 35.4. The summed E-state index contributed by atoms with van der Waals surface area (Å²) >= 11 is 0. The third-order valence-electron chi connectivity index (χ3n) is 11.8. The zero-order chi connectivity index (χ0) is 40.3. The first kappa shape index (κ1) is 49.4. The van der Waals surface area contributed by atoms with Gasteiger partial charge in [0.1, 0.15) is 5.78 Å². The van der Waals surface area contributed by atoms with Gasteiger partial charge in [-0.2, -0.15) is 0 Å². The van der Waals surface area contributed by atoms with Gasteiger partial charge < -0.3 is 24.4 Å². The van der Waals surface area contributed by atoms with Crippen LogP contribution in [0.3, 0.4) is 0 Å². The number of carbonyl (C=O) groups excluding carboxylic acids is 4. The molecule has 0 unspecified atom stereocenters. The number of likely N-dealkylation sites (N-methyl/N-ethyl adjacent to an activating group) is 2. The molecule has 0 spiro atoms. The minimum atomic E-state index is -0.761. The van der Waals surface area contributed by atoms with Crippen LogP contribution in [0.4, 0.5) is 0 Å². The highest BCUT2D eigenvalue weighted by Gasteiger charge is 2.43. The van der Waals surface area contributed by atoms with Crippen molar-refractivity contribution in [2.45, 2.75) is 151 Å². The Kier molecular flexibility index (Phi) is 20.8. The number of rotatable bonds is 22. The number of ether oxygens (including phenoxy) is 2. The van der Waals surface area contributed by atoms with Crippen molar-refractivity contribution in [2.24, 2.45) is 35.5 Å². The molecule has 10 heteroatoms. The van der Waals surface area contributed by atoms with Crippen molar-refractivity contribution in [1.82, 2.24) is 14.7 Å². The van der Waals surface area contributed by atoms with E-state index >= 15 is 0 Å². The maximum Gasteiger partial charge on any atom is 0.226 e. The van der Waals surface area contributed by atoms with Gasteiger partial charge in [0.25, 0.3) is 0 Å². The molecule has 1 heterocycles. The van der Waals surface area contributed by atoms with Crippen LogP contribution in [-0.2, 0) is 28.7 Å². The van der Waals surface area contributed by atoms with Crippen LogP contribution >= 0.6 is 0 Å². The summed E-state index contributed by atoms with van der Waals surface area (Å²) in [6.07, 6.45) is 0.0479. The lowest BCUT2D eigenvalue weighted by atomic mass is 9.83. The smallest absolute Gasteiger partial charge is 0.226 e. The molecule has 1 fully saturated rings. The summed E-state index contributed by atoms with van der Waals surface area (Å²) in [5.41, 5.74) is 0.776. The van der Waals surface area contributed by atoms with Crippen LogP contribution in [0.5, 0.6) is 0 Å². The van der Waals surface area contributed by atoms with Crippen LogP contribution in [-0.4, -0.2) is 114 Å². The number of aliphatic hydroxyl groups excluding tert-OH is 1. The molecule has 0 saturated carbocycles. The van der Waals surface area contributed by atoms with E-state index in [4.69, 9.17) is 9.47 Å². The van der Waals surface area contributed by atoms with Gasteiger partial charge in [-0.25, -0.2) is 0 Å². The molecule has 2 amide bonds. The number of hydrogen-bond donors (Lipinski definition) is 1. The van der Waals surface area contributed by atoms with E-state index in [1.54, 1.807) is 26.2 Å². The maximum atomic E-state index is 14.3. The lowest BCUT2D eigenvalue weighted by Gasteiger charge is -2.40. The number of benzene rings is 1. The van der Waals surface area contributed by atoms with E-state index in [1.807, 2.05) is 97.7 Å². The second kappa shape index (κ2) is 22.8. The van der Waals surface area contributed by atoms with E-state index in [0.29, 0.717) is 13.0 Å². The van der Waals surface area contributed by atoms with Crippen molar-refractivity contribution < 1.29 is 33.8 Å². The number of hydrogen-bond acceptors (Lipinski definition) is 8. The van der Waals surface area contributed by atoms with Crippen LogP contribution in [0.2, 0.25) is 0 Å². The Hall–Kier alpha value is -2.66. The molecule has 0 bridgehead atoms. The highest BCUT2D eigenvalue weighted by Crippen LogP contribution is 2.32. The van der Waals surface area contributed by atoms with Crippen molar-refractivity contribution in [3.8, 4) is 0 Å². The predicted octanol–water partition coefficient (Wildman–Crippen LogP) is 7.08. The molecular formula is C44H77N3O7. The number of likely N-dealkylation sites (tertiary alicyclic amines) is 1. The van der Waals surface area contributed by atoms with Crippen molar-refractivity contribution in [2.75, 3.05) is 34.9 Å². The molecule has 2 rings (SSSR count). The average Bonchev–Trinajstić information content (AvgIpc) is 3.59. The number of nitrogens with zero attached hydrogens (tertiary/aromatic N) is 3. The van der Waals surface area contributed by atoms with E-state index in [9.17, 15) is 24.3 Å². The first-order chi connectivity index (χ1) is 24.8. The Balaban J connectivity index is 0.0000146. The summed E-state index contributed by atoms with van der Waals surface area (Å²) in [5.74, 6) is -1.44. The first-order valence-electron chi connectivity index (χ1n) is 19.9. The molecule has 1 aromatic rings. The topological polar surface area (TPSA) is 117 Å². The van der Waals surface area contributed by atoms with E-state index in [2.05, 4.69) is 18.7 Å². The second-order valence-electron chi connectivity index (χ2n) is 16.9. The number of methoxy groups -OCH3 is 2. The third-order valence-corrected chi connectivity index (χ3v) is 11.8. The molecular weight excluding hydrogens is 682 g/mol. The van der Waals surface area contributed by atoms with E-state index in [1.165, 1.54) is 0 Å². The van der Waals surface area contributed by atoms with E-state index < -0.39 is 36.2 Å². The molecule has 1 aliphatic heterocycles. The predicted molar refractivity (Wildman–Crippen MR) is 218 cm³/mol. The molecule has 9 atom stereocenters. The minimum Gasteiger partial charge on any atom is -0.388 e. The van der Waals surface area contributed by atoms with Crippen LogP contribution in [0.1, 0.15) is 120 Å². The van der Waals surface area contributed by atoms with Gasteiger partial charge in [0.15, 0.2) is 5.78 Å². The quantitative estimate of drug-likeness (QED) is 0.133. The number of ketones is 2. The Morgan fingerprint density at radius 2 is 1.41 bits per heavy atom. The van der Waals surface area contributed by atoms with Gasteiger partial charge in [0, 0.05) is 58.5 Å². The summed E-state index contributed by atoms with van der Waals surface area (Å²) in [4.78, 5) is 61.4. The Labute approximate surface area is 328 Å². The van der Waals surface area contributed by atoms with Gasteiger partial charge >= 0.3 is 0 Å². The fourth-order valence-corrected chi connectivity index (χ4v) is 8.42. The Morgan fingerprint density at radius 1 is 0.815 bits per heavy atom. The number of Topliss-reactive ketones (excluding diaryl/α,β-unsaturated/α-hetero) is 2. The monoisotopic (exact) mass is 760 g/mol. The molecule has 1 aromatic carbocycles. The lowest BCUT2D eigenvalue weighted by molar-refractivity contribution is -0.149. The SMILES string of the molecule is C.CO[C@H]([C@@H](C)C(=O)C[C@H](C)[C@@H](O)c1ccccc1)[C@@H]1CCCN1C(=O)C[C@@H](OC)[C@H](C(C)C)N(C)C(=O)[C@@H](CC(=O)[C@H](C(C)C)N(C)C(C)C)C(C)C. The van der Waals surface area contributed by atoms with Crippen LogP contribution in [0.25, 0.3) is 0 Å².